The summed E-state index contributed by atoms with van der Waals surface area (Å²) >= 11 is 0. The van der Waals surface area contributed by atoms with Gasteiger partial charge in [-0.2, -0.15) is 0 Å². The highest BCUT2D eigenvalue weighted by atomic mass is 16.5. The van der Waals surface area contributed by atoms with Crippen LogP contribution in [0.15, 0.2) is 18.5 Å². The summed E-state index contributed by atoms with van der Waals surface area (Å²) in [7, 11) is 1.63. The summed E-state index contributed by atoms with van der Waals surface area (Å²) in [6.07, 6.45) is 3.80. The highest BCUT2D eigenvalue weighted by Gasteiger charge is 2.05. The number of hydrogen-bond donors (Lipinski definition) is 3. The van der Waals surface area contributed by atoms with Crippen LogP contribution < -0.4 is 5.32 Å². The third kappa shape index (κ3) is 3.59. The molecule has 1 atom stereocenters. The molecule has 4 nitrogen and oxygen atoms in total. The quantitative estimate of drug-likeness (QED) is 0.588. The van der Waals surface area contributed by atoms with Crippen molar-refractivity contribution in [2.75, 3.05) is 20.3 Å². The monoisotopic (exact) mass is 184 g/mol. The first-order valence-electron chi connectivity index (χ1n) is 4.31. The van der Waals surface area contributed by atoms with Gasteiger partial charge in [-0.1, -0.05) is 0 Å². The lowest BCUT2D eigenvalue weighted by molar-refractivity contribution is 0.128. The average Bonchev–Trinajstić information content (AvgIpc) is 2.64. The van der Waals surface area contributed by atoms with Gasteiger partial charge in [0.2, 0.25) is 0 Å². The molecule has 1 rings (SSSR count). The van der Waals surface area contributed by atoms with Crippen LogP contribution in [0.5, 0.6) is 0 Å². The van der Waals surface area contributed by atoms with Gasteiger partial charge >= 0.3 is 0 Å². The molecule has 1 heterocycles. The summed E-state index contributed by atoms with van der Waals surface area (Å²) in [5.41, 5.74) is 1.18. The number of aliphatic hydroxyl groups is 1. The standard InChI is InChI=1S/C9H16N2O2/c1-13-7-9(6-12)11-5-8-2-3-10-4-8/h2-4,9-12H,5-7H2,1H3. The van der Waals surface area contributed by atoms with Crippen molar-refractivity contribution in [1.82, 2.24) is 10.3 Å². The van der Waals surface area contributed by atoms with Crippen molar-refractivity contribution in [3.63, 3.8) is 0 Å². The molecule has 13 heavy (non-hydrogen) atoms. The van der Waals surface area contributed by atoms with Crippen LogP contribution in [0.1, 0.15) is 5.56 Å². The van der Waals surface area contributed by atoms with Gasteiger partial charge in [-0.3, -0.25) is 0 Å². The molecule has 1 unspecified atom stereocenters. The maximum Gasteiger partial charge on any atom is 0.0638 e. The highest BCUT2D eigenvalue weighted by molar-refractivity contribution is 5.07. The number of nitrogens with one attached hydrogen (secondary N) is 2. The van der Waals surface area contributed by atoms with E-state index in [1.54, 1.807) is 7.11 Å². The average molecular weight is 184 g/mol. The fraction of sp³-hybridized carbons (Fsp3) is 0.556. The summed E-state index contributed by atoms with van der Waals surface area (Å²) in [5, 5.41) is 12.1. The lowest BCUT2D eigenvalue weighted by Crippen LogP contribution is -2.35. The largest absolute Gasteiger partial charge is 0.395 e. The van der Waals surface area contributed by atoms with Crippen LogP contribution in [-0.4, -0.2) is 36.5 Å². The number of H-pyrrole nitrogens is 1. The molecule has 0 aliphatic carbocycles. The predicted octanol–water partition coefficient (Wildman–Crippen LogP) is 0.112. The Morgan fingerprint density at radius 1 is 1.69 bits per heavy atom. The maximum atomic E-state index is 8.94. The van der Waals surface area contributed by atoms with E-state index in [4.69, 9.17) is 9.84 Å². The molecule has 0 saturated heterocycles. The number of aliphatic hydroxyl groups excluding tert-OH is 1. The molecule has 0 saturated carbocycles. The first-order valence-corrected chi connectivity index (χ1v) is 4.31. The van der Waals surface area contributed by atoms with E-state index in [1.807, 2.05) is 18.5 Å². The molecule has 1 aromatic heterocycles. The van der Waals surface area contributed by atoms with Gasteiger partial charge in [0.25, 0.3) is 0 Å². The van der Waals surface area contributed by atoms with Crippen LogP contribution in [0.25, 0.3) is 0 Å². The molecular weight excluding hydrogens is 168 g/mol. The number of hydrogen-bond acceptors (Lipinski definition) is 3. The third-order valence-corrected chi connectivity index (χ3v) is 1.85. The normalized spacial score (nSPS) is 13.1. The van der Waals surface area contributed by atoms with Crippen molar-refractivity contribution in [1.29, 1.82) is 0 Å². The summed E-state index contributed by atoms with van der Waals surface area (Å²) in [6, 6.07) is 2.01. The fourth-order valence-electron chi connectivity index (χ4n) is 1.11. The minimum Gasteiger partial charge on any atom is -0.395 e. The fourth-order valence-corrected chi connectivity index (χ4v) is 1.11. The Bertz CT molecular complexity index is 211. The maximum absolute atomic E-state index is 8.94. The minimum absolute atomic E-state index is 0.0138. The zero-order valence-electron chi connectivity index (χ0n) is 7.79. The van der Waals surface area contributed by atoms with Crippen molar-refractivity contribution in [3.8, 4) is 0 Å². The van der Waals surface area contributed by atoms with Crippen molar-refractivity contribution in [2.45, 2.75) is 12.6 Å². The second-order valence-corrected chi connectivity index (χ2v) is 2.93. The van der Waals surface area contributed by atoms with E-state index in [0.717, 1.165) is 6.54 Å². The van der Waals surface area contributed by atoms with Crippen molar-refractivity contribution >= 4 is 0 Å². The van der Waals surface area contributed by atoms with E-state index in [1.165, 1.54) is 5.56 Å². The predicted molar refractivity (Wildman–Crippen MR) is 50.4 cm³/mol. The van der Waals surface area contributed by atoms with Gasteiger partial charge in [-0.15, -0.1) is 0 Å². The molecule has 0 aliphatic rings. The van der Waals surface area contributed by atoms with E-state index in [2.05, 4.69) is 10.3 Å². The molecule has 0 fully saturated rings. The molecule has 0 radical (unpaired) electrons. The zero-order valence-corrected chi connectivity index (χ0v) is 7.79. The number of rotatable bonds is 6. The molecule has 4 heteroatoms. The molecule has 1 aromatic rings. The summed E-state index contributed by atoms with van der Waals surface area (Å²) in [4.78, 5) is 2.97. The Labute approximate surface area is 77.9 Å². The summed E-state index contributed by atoms with van der Waals surface area (Å²) < 4.78 is 4.93. The van der Waals surface area contributed by atoms with Gasteiger partial charge < -0.3 is 20.1 Å². The van der Waals surface area contributed by atoms with E-state index >= 15 is 0 Å². The van der Waals surface area contributed by atoms with Crippen LogP contribution in [0.2, 0.25) is 0 Å². The molecule has 74 valence electrons. The first kappa shape index (κ1) is 10.2. The molecular formula is C9H16N2O2. The summed E-state index contributed by atoms with van der Waals surface area (Å²) in [6.45, 7) is 1.37. The molecule has 0 aromatic carbocycles. The van der Waals surface area contributed by atoms with Crippen molar-refractivity contribution in [3.05, 3.63) is 24.0 Å². The van der Waals surface area contributed by atoms with Gasteiger partial charge in [0.1, 0.15) is 0 Å². The van der Waals surface area contributed by atoms with Crippen molar-refractivity contribution < 1.29 is 9.84 Å². The number of aromatic amines is 1. The highest BCUT2D eigenvalue weighted by Crippen LogP contribution is 1.96. The lowest BCUT2D eigenvalue weighted by Gasteiger charge is -2.14. The first-order chi connectivity index (χ1) is 6.36. The number of methoxy groups -OCH3 is 1. The number of aromatic nitrogens is 1. The van der Waals surface area contributed by atoms with E-state index < -0.39 is 0 Å². The van der Waals surface area contributed by atoms with Gasteiger partial charge in [0, 0.05) is 26.0 Å². The zero-order chi connectivity index (χ0) is 9.52. The lowest BCUT2D eigenvalue weighted by atomic mass is 10.3. The van der Waals surface area contributed by atoms with Crippen LogP contribution in [0, 0.1) is 0 Å². The Morgan fingerprint density at radius 3 is 3.08 bits per heavy atom. The SMILES string of the molecule is COCC(CO)NCc1cc[nH]c1. The topological polar surface area (TPSA) is 57.3 Å². The Hall–Kier alpha value is -0.840. The Morgan fingerprint density at radius 2 is 2.54 bits per heavy atom. The van der Waals surface area contributed by atoms with Crippen LogP contribution in [-0.2, 0) is 11.3 Å². The molecule has 3 N–H and O–H groups in total. The van der Waals surface area contributed by atoms with Gasteiger partial charge in [-0.25, -0.2) is 0 Å². The number of ether oxygens (including phenoxy) is 1. The van der Waals surface area contributed by atoms with Gasteiger partial charge in [0.05, 0.1) is 19.3 Å². The molecule has 0 amide bonds. The Balaban J connectivity index is 2.23. The molecule has 0 aliphatic heterocycles. The molecule has 0 spiro atoms. The smallest absolute Gasteiger partial charge is 0.0638 e. The minimum atomic E-state index is 0.0138. The van der Waals surface area contributed by atoms with Crippen LogP contribution in [0.3, 0.4) is 0 Å². The second kappa shape index (κ2) is 5.75. The van der Waals surface area contributed by atoms with E-state index in [0.29, 0.717) is 6.61 Å². The second-order valence-electron chi connectivity index (χ2n) is 2.93. The van der Waals surface area contributed by atoms with E-state index in [9.17, 15) is 0 Å². The van der Waals surface area contributed by atoms with Gasteiger partial charge in [0.15, 0.2) is 0 Å². The molecule has 0 bridgehead atoms. The van der Waals surface area contributed by atoms with Crippen LogP contribution >= 0.6 is 0 Å². The van der Waals surface area contributed by atoms with Crippen molar-refractivity contribution in [2.24, 2.45) is 0 Å². The Kier molecular flexibility index (Phi) is 4.53. The van der Waals surface area contributed by atoms with Gasteiger partial charge in [-0.05, 0) is 11.6 Å². The van der Waals surface area contributed by atoms with Crippen LogP contribution in [0.4, 0.5) is 0 Å². The van der Waals surface area contributed by atoms with E-state index in [-0.39, 0.29) is 12.6 Å². The summed E-state index contributed by atoms with van der Waals surface area (Å²) in [5.74, 6) is 0. The third-order valence-electron chi connectivity index (χ3n) is 1.85.